The number of aliphatic hydroxyl groups is 1. The summed E-state index contributed by atoms with van der Waals surface area (Å²) < 4.78 is 2.27. The van der Waals surface area contributed by atoms with Crippen molar-refractivity contribution in [2.24, 2.45) is 0 Å². The molecule has 4 rings (SSSR count). The molecule has 0 radical (unpaired) electrons. The molecule has 1 N–H and O–H groups in total. The minimum atomic E-state index is 0. The molecular formula is C23H25IN2OS. The van der Waals surface area contributed by atoms with Crippen molar-refractivity contribution in [3.63, 3.8) is 0 Å². The number of hydrogen-bond donors (Lipinski definition) is 1. The summed E-state index contributed by atoms with van der Waals surface area (Å²) in [6, 6.07) is 17.5. The Balaban J connectivity index is 0.00000225. The summed E-state index contributed by atoms with van der Waals surface area (Å²) in [4.78, 5) is 3.62. The summed E-state index contributed by atoms with van der Waals surface area (Å²) >= 11 is 1.83. The van der Waals surface area contributed by atoms with Gasteiger partial charge in [0.25, 0.3) is 0 Å². The third-order valence-electron chi connectivity index (χ3n) is 5.18. The summed E-state index contributed by atoms with van der Waals surface area (Å²) in [5.74, 6) is 0. The number of fused-ring (bicyclic) bond motifs is 3. The second-order valence-electron chi connectivity index (χ2n) is 7.08. The van der Waals surface area contributed by atoms with Crippen molar-refractivity contribution in [2.75, 3.05) is 18.6 Å². The van der Waals surface area contributed by atoms with Gasteiger partial charge in [-0.1, -0.05) is 42.1 Å². The standard InChI is InChI=1S/C23H25N2OS.HI/c1-16-13-18(14-17(2)25(16)11-6-12-26)15-22-24(3)23-20-8-5-4-7-19(20)9-10-21(23)27-22;/h4-5,7-10,13-15,26H,6,11-12H2,1-3H3;1H/q+1;/p-1. The Kier molecular flexibility index (Phi) is 6.68. The number of nitrogens with zero attached hydrogens (tertiary/aromatic N) is 2. The van der Waals surface area contributed by atoms with Gasteiger partial charge in [0.1, 0.15) is 0 Å². The summed E-state index contributed by atoms with van der Waals surface area (Å²) in [5.41, 5.74) is 4.97. The average Bonchev–Trinajstić information content (AvgIpc) is 2.97. The van der Waals surface area contributed by atoms with Crippen molar-refractivity contribution in [3.05, 3.63) is 70.5 Å². The predicted octanol–water partition coefficient (Wildman–Crippen LogP) is 1.67. The molecule has 1 aliphatic heterocycles. The average molecular weight is 504 g/mol. The molecule has 0 fully saturated rings. The van der Waals surface area contributed by atoms with E-state index in [9.17, 15) is 0 Å². The van der Waals surface area contributed by atoms with Gasteiger partial charge in [-0.15, -0.1) is 0 Å². The summed E-state index contributed by atoms with van der Waals surface area (Å²) in [6.45, 7) is 5.36. The van der Waals surface area contributed by atoms with Gasteiger partial charge in [-0.05, 0) is 23.1 Å². The number of thioether (sulfide) groups is 1. The molecule has 1 aromatic heterocycles. The third-order valence-corrected chi connectivity index (χ3v) is 6.33. The molecule has 0 amide bonds. The van der Waals surface area contributed by atoms with Crippen LogP contribution in [0.15, 0.2) is 58.5 Å². The van der Waals surface area contributed by atoms with Gasteiger partial charge in [0.2, 0.25) is 0 Å². The van der Waals surface area contributed by atoms with Crippen molar-refractivity contribution in [2.45, 2.75) is 31.7 Å². The molecule has 2 aromatic carbocycles. The molecule has 146 valence electrons. The van der Waals surface area contributed by atoms with Crippen LogP contribution in [0.25, 0.3) is 16.8 Å². The fraction of sp³-hybridized carbons (Fsp3) is 0.261. The van der Waals surface area contributed by atoms with E-state index in [0.717, 1.165) is 13.0 Å². The molecule has 0 saturated carbocycles. The van der Waals surface area contributed by atoms with E-state index in [1.54, 1.807) is 0 Å². The van der Waals surface area contributed by atoms with E-state index in [0.29, 0.717) is 0 Å². The molecule has 0 saturated heterocycles. The number of aliphatic hydroxyl groups excluding tert-OH is 1. The second kappa shape index (κ2) is 8.84. The van der Waals surface area contributed by atoms with Crippen LogP contribution in [0.1, 0.15) is 23.4 Å². The molecule has 2 heterocycles. The van der Waals surface area contributed by atoms with Gasteiger partial charge < -0.3 is 34.0 Å². The summed E-state index contributed by atoms with van der Waals surface area (Å²) in [6.07, 6.45) is 3.06. The van der Waals surface area contributed by atoms with Crippen molar-refractivity contribution < 1.29 is 33.7 Å². The quantitative estimate of drug-likeness (QED) is 0.433. The first kappa shape index (κ1) is 21.1. The number of anilines is 1. The number of hydrogen-bond acceptors (Lipinski definition) is 3. The van der Waals surface area contributed by atoms with Crippen LogP contribution in [0.2, 0.25) is 0 Å². The highest BCUT2D eigenvalue weighted by Gasteiger charge is 2.24. The maximum Gasteiger partial charge on any atom is 0.179 e. The summed E-state index contributed by atoms with van der Waals surface area (Å²) in [7, 11) is 2.15. The third kappa shape index (κ3) is 3.93. The largest absolute Gasteiger partial charge is 1.00 e. The molecule has 0 spiro atoms. The van der Waals surface area contributed by atoms with E-state index in [-0.39, 0.29) is 30.6 Å². The van der Waals surface area contributed by atoms with E-state index in [2.05, 4.69) is 85.0 Å². The first-order valence-electron chi connectivity index (χ1n) is 9.35. The fourth-order valence-electron chi connectivity index (χ4n) is 3.85. The minimum Gasteiger partial charge on any atom is -1.00 e. The summed E-state index contributed by atoms with van der Waals surface area (Å²) in [5, 5.41) is 12.9. The maximum atomic E-state index is 9.11. The van der Waals surface area contributed by atoms with Crippen LogP contribution in [0.5, 0.6) is 0 Å². The zero-order chi connectivity index (χ0) is 19.0. The van der Waals surface area contributed by atoms with Crippen molar-refractivity contribution in [1.29, 1.82) is 0 Å². The first-order valence-corrected chi connectivity index (χ1v) is 10.2. The molecule has 0 atom stereocenters. The molecule has 0 bridgehead atoms. The number of aryl methyl sites for hydroxylation is 2. The van der Waals surface area contributed by atoms with Gasteiger partial charge in [0.05, 0.1) is 10.7 Å². The van der Waals surface area contributed by atoms with Crippen LogP contribution in [0.4, 0.5) is 5.69 Å². The van der Waals surface area contributed by atoms with E-state index < -0.39 is 0 Å². The van der Waals surface area contributed by atoms with Crippen LogP contribution in [0.3, 0.4) is 0 Å². The lowest BCUT2D eigenvalue weighted by Crippen LogP contribution is -3.00. The first-order chi connectivity index (χ1) is 13.1. The molecule has 0 aliphatic carbocycles. The Hall–Kier alpha value is -1.57. The highest BCUT2D eigenvalue weighted by molar-refractivity contribution is 8.04. The molecule has 3 aromatic rings. The number of benzene rings is 2. The van der Waals surface area contributed by atoms with Gasteiger partial charge in [0.15, 0.2) is 17.9 Å². The molecular weight excluding hydrogens is 479 g/mol. The Labute approximate surface area is 188 Å². The van der Waals surface area contributed by atoms with Gasteiger partial charge in [0, 0.05) is 56.3 Å². The Morgan fingerprint density at radius 2 is 1.79 bits per heavy atom. The molecule has 28 heavy (non-hydrogen) atoms. The van der Waals surface area contributed by atoms with Crippen molar-refractivity contribution >= 4 is 34.3 Å². The van der Waals surface area contributed by atoms with Gasteiger partial charge in [-0.2, -0.15) is 0 Å². The van der Waals surface area contributed by atoms with Crippen LogP contribution in [-0.4, -0.2) is 18.8 Å². The van der Waals surface area contributed by atoms with E-state index in [1.165, 1.54) is 43.3 Å². The zero-order valence-corrected chi connectivity index (χ0v) is 19.4. The van der Waals surface area contributed by atoms with Crippen LogP contribution in [0, 0.1) is 13.8 Å². The normalized spacial score (nSPS) is 14.4. The fourth-order valence-corrected chi connectivity index (χ4v) is 4.97. The number of rotatable bonds is 4. The van der Waals surface area contributed by atoms with Crippen LogP contribution in [-0.2, 0) is 6.54 Å². The van der Waals surface area contributed by atoms with Crippen LogP contribution >= 0.6 is 11.8 Å². The smallest absolute Gasteiger partial charge is 0.179 e. The lowest BCUT2D eigenvalue weighted by Gasteiger charge is -2.16. The van der Waals surface area contributed by atoms with E-state index in [1.807, 2.05) is 11.8 Å². The van der Waals surface area contributed by atoms with Gasteiger partial charge >= 0.3 is 0 Å². The minimum absolute atomic E-state index is 0. The van der Waals surface area contributed by atoms with Crippen molar-refractivity contribution in [1.82, 2.24) is 0 Å². The number of pyridine rings is 1. The lowest BCUT2D eigenvalue weighted by molar-refractivity contribution is -0.709. The number of halogens is 1. The van der Waals surface area contributed by atoms with Gasteiger partial charge in [-0.25, -0.2) is 4.57 Å². The Morgan fingerprint density at radius 1 is 1.07 bits per heavy atom. The monoisotopic (exact) mass is 504 g/mol. The molecule has 3 nitrogen and oxygen atoms in total. The lowest BCUT2D eigenvalue weighted by atomic mass is 10.1. The van der Waals surface area contributed by atoms with E-state index in [4.69, 9.17) is 5.11 Å². The zero-order valence-electron chi connectivity index (χ0n) is 16.4. The SMILES string of the molecule is Cc1cc(/C=C2\Sc3ccc4ccccc4c3N2C)cc(C)[n+]1CCCO.[I-]. The molecule has 5 heteroatoms. The number of aromatic nitrogens is 1. The van der Waals surface area contributed by atoms with Crippen LogP contribution < -0.4 is 33.4 Å². The maximum absolute atomic E-state index is 9.11. The second-order valence-corrected chi connectivity index (χ2v) is 8.14. The van der Waals surface area contributed by atoms with Crippen molar-refractivity contribution in [3.8, 4) is 0 Å². The predicted molar refractivity (Wildman–Crippen MR) is 114 cm³/mol. The Morgan fingerprint density at radius 3 is 2.50 bits per heavy atom. The topological polar surface area (TPSA) is 27.4 Å². The highest BCUT2D eigenvalue weighted by atomic mass is 127. The Bertz CT molecular complexity index is 1020. The molecule has 1 aliphatic rings. The van der Waals surface area contributed by atoms with E-state index >= 15 is 0 Å². The molecule has 0 unspecified atom stereocenters. The highest BCUT2D eigenvalue weighted by Crippen LogP contribution is 2.49. The van der Waals surface area contributed by atoms with Gasteiger partial charge in [-0.3, -0.25) is 0 Å².